The Morgan fingerprint density at radius 3 is 2.65 bits per heavy atom. The Hall–Kier alpha value is -1.74. The van der Waals surface area contributed by atoms with Crippen LogP contribution in [0.3, 0.4) is 0 Å². The Kier molecular flexibility index (Phi) is 3.20. The number of hydrogen-bond acceptors (Lipinski definition) is 2. The molecule has 0 saturated heterocycles. The molecule has 0 fully saturated rings. The third kappa shape index (κ3) is 2.50. The van der Waals surface area contributed by atoms with E-state index < -0.39 is 0 Å². The minimum atomic E-state index is -0.275. The van der Waals surface area contributed by atoms with Crippen molar-refractivity contribution in [2.24, 2.45) is 0 Å². The van der Waals surface area contributed by atoms with Gasteiger partial charge in [-0.25, -0.2) is 0 Å². The molecule has 88 valence electrons. The topological polar surface area (TPSA) is 42.2 Å². The minimum absolute atomic E-state index is 0.275. The van der Waals surface area contributed by atoms with Gasteiger partial charge in [0, 0.05) is 10.7 Å². The van der Waals surface area contributed by atoms with Crippen molar-refractivity contribution >= 4 is 23.2 Å². The van der Waals surface area contributed by atoms with Crippen molar-refractivity contribution in [3.05, 3.63) is 52.4 Å². The molecule has 1 heterocycles. The summed E-state index contributed by atoms with van der Waals surface area (Å²) in [4.78, 5) is 11.8. The number of amides is 1. The number of anilines is 1. The lowest BCUT2D eigenvalue weighted by Crippen LogP contribution is -2.11. The first kappa shape index (κ1) is 11.7. The van der Waals surface area contributed by atoms with Crippen LogP contribution in [-0.2, 0) is 0 Å². The van der Waals surface area contributed by atoms with Gasteiger partial charge in [-0.1, -0.05) is 17.7 Å². The van der Waals surface area contributed by atoms with E-state index in [4.69, 9.17) is 16.0 Å². The number of carbonyl (C=O) groups is 1. The van der Waals surface area contributed by atoms with E-state index >= 15 is 0 Å². The van der Waals surface area contributed by atoms with Gasteiger partial charge in [0.05, 0.1) is 0 Å². The first-order valence-electron chi connectivity index (χ1n) is 5.21. The first-order valence-corrected chi connectivity index (χ1v) is 5.58. The number of nitrogens with one attached hydrogen (secondary N) is 1. The highest BCUT2D eigenvalue weighted by molar-refractivity contribution is 6.31. The van der Waals surface area contributed by atoms with Crippen LogP contribution in [0.1, 0.15) is 21.9 Å². The maximum absolute atomic E-state index is 11.8. The van der Waals surface area contributed by atoms with Crippen molar-refractivity contribution in [1.29, 1.82) is 0 Å². The largest absolute Gasteiger partial charge is 0.456 e. The smallest absolute Gasteiger partial charge is 0.291 e. The molecule has 1 aromatic carbocycles. The molecule has 1 aromatic heterocycles. The summed E-state index contributed by atoms with van der Waals surface area (Å²) in [6.07, 6.45) is 0. The highest BCUT2D eigenvalue weighted by Gasteiger charge is 2.11. The van der Waals surface area contributed by atoms with Gasteiger partial charge in [-0.3, -0.25) is 4.79 Å². The molecule has 1 amide bonds. The van der Waals surface area contributed by atoms with Gasteiger partial charge in [-0.05, 0) is 43.7 Å². The lowest BCUT2D eigenvalue weighted by atomic mass is 10.2. The molecular formula is C13H12ClNO2. The van der Waals surface area contributed by atoms with Crippen molar-refractivity contribution in [1.82, 2.24) is 0 Å². The summed E-state index contributed by atoms with van der Waals surface area (Å²) in [7, 11) is 0. The normalized spacial score (nSPS) is 10.3. The molecule has 0 aliphatic rings. The van der Waals surface area contributed by atoms with E-state index in [9.17, 15) is 4.79 Å². The molecular weight excluding hydrogens is 238 g/mol. The SMILES string of the molecule is Cc1ccc(C(=O)Nc2cccc(Cl)c2C)o1. The number of benzene rings is 1. The van der Waals surface area contributed by atoms with Crippen LogP contribution in [0.15, 0.2) is 34.7 Å². The molecule has 0 aliphatic heterocycles. The number of furan rings is 1. The van der Waals surface area contributed by atoms with Gasteiger partial charge in [0.15, 0.2) is 5.76 Å². The van der Waals surface area contributed by atoms with E-state index in [0.717, 1.165) is 5.56 Å². The lowest BCUT2D eigenvalue weighted by Gasteiger charge is -2.07. The second-order valence-electron chi connectivity index (χ2n) is 3.78. The van der Waals surface area contributed by atoms with E-state index in [1.54, 1.807) is 37.3 Å². The second kappa shape index (κ2) is 4.63. The number of hydrogen-bond donors (Lipinski definition) is 1. The Labute approximate surface area is 104 Å². The summed E-state index contributed by atoms with van der Waals surface area (Å²) in [6.45, 7) is 3.65. The van der Waals surface area contributed by atoms with Crippen LogP contribution < -0.4 is 5.32 Å². The maximum Gasteiger partial charge on any atom is 0.291 e. The van der Waals surface area contributed by atoms with Crippen molar-refractivity contribution < 1.29 is 9.21 Å². The molecule has 1 N–H and O–H groups in total. The summed E-state index contributed by atoms with van der Waals surface area (Å²) < 4.78 is 5.24. The van der Waals surface area contributed by atoms with E-state index in [0.29, 0.717) is 22.2 Å². The molecule has 4 heteroatoms. The molecule has 3 nitrogen and oxygen atoms in total. The molecule has 0 aliphatic carbocycles. The fourth-order valence-electron chi connectivity index (χ4n) is 1.48. The van der Waals surface area contributed by atoms with Crippen LogP contribution in [0.5, 0.6) is 0 Å². The summed E-state index contributed by atoms with van der Waals surface area (Å²) in [6, 6.07) is 8.76. The molecule has 0 unspecified atom stereocenters. The molecule has 0 saturated carbocycles. The standard InChI is InChI=1S/C13H12ClNO2/c1-8-6-7-12(17-8)13(16)15-11-5-3-4-10(14)9(11)2/h3-7H,1-2H3,(H,15,16). The van der Waals surface area contributed by atoms with Crippen LogP contribution in [0.25, 0.3) is 0 Å². The summed E-state index contributed by atoms with van der Waals surface area (Å²) in [5.74, 6) is 0.725. The van der Waals surface area contributed by atoms with E-state index in [2.05, 4.69) is 5.32 Å². The quantitative estimate of drug-likeness (QED) is 0.880. The summed E-state index contributed by atoms with van der Waals surface area (Å²) >= 11 is 5.97. The molecule has 2 rings (SSSR count). The monoisotopic (exact) mass is 249 g/mol. The Bertz CT molecular complexity index is 560. The highest BCUT2D eigenvalue weighted by atomic mass is 35.5. The Morgan fingerprint density at radius 2 is 2.00 bits per heavy atom. The zero-order chi connectivity index (χ0) is 12.4. The fourth-order valence-corrected chi connectivity index (χ4v) is 1.66. The van der Waals surface area contributed by atoms with Gasteiger partial charge >= 0.3 is 0 Å². The Morgan fingerprint density at radius 1 is 1.24 bits per heavy atom. The van der Waals surface area contributed by atoms with E-state index in [1.165, 1.54) is 0 Å². The highest BCUT2D eigenvalue weighted by Crippen LogP contribution is 2.23. The average molecular weight is 250 g/mol. The zero-order valence-electron chi connectivity index (χ0n) is 9.58. The Balaban J connectivity index is 2.21. The van der Waals surface area contributed by atoms with Crippen LogP contribution in [0, 0.1) is 13.8 Å². The predicted molar refractivity (Wildman–Crippen MR) is 67.6 cm³/mol. The number of rotatable bonds is 2. The van der Waals surface area contributed by atoms with Crippen molar-refractivity contribution in [2.45, 2.75) is 13.8 Å². The van der Waals surface area contributed by atoms with Gasteiger partial charge in [0.1, 0.15) is 5.76 Å². The number of halogens is 1. The van der Waals surface area contributed by atoms with Crippen LogP contribution in [-0.4, -0.2) is 5.91 Å². The van der Waals surface area contributed by atoms with Crippen LogP contribution in [0.4, 0.5) is 5.69 Å². The second-order valence-corrected chi connectivity index (χ2v) is 4.18. The van der Waals surface area contributed by atoms with Gasteiger partial charge < -0.3 is 9.73 Å². The molecule has 0 spiro atoms. The van der Waals surface area contributed by atoms with Crippen LogP contribution in [0.2, 0.25) is 5.02 Å². The first-order chi connectivity index (χ1) is 8.08. The summed E-state index contributed by atoms with van der Waals surface area (Å²) in [5.41, 5.74) is 1.53. The predicted octanol–water partition coefficient (Wildman–Crippen LogP) is 3.80. The number of carbonyl (C=O) groups excluding carboxylic acids is 1. The maximum atomic E-state index is 11.8. The van der Waals surface area contributed by atoms with Crippen molar-refractivity contribution in [2.75, 3.05) is 5.32 Å². The van der Waals surface area contributed by atoms with Gasteiger partial charge in [0.2, 0.25) is 0 Å². The lowest BCUT2D eigenvalue weighted by molar-refractivity contribution is 0.0995. The van der Waals surface area contributed by atoms with Crippen molar-refractivity contribution in [3.8, 4) is 0 Å². The van der Waals surface area contributed by atoms with Gasteiger partial charge in [-0.15, -0.1) is 0 Å². The molecule has 2 aromatic rings. The minimum Gasteiger partial charge on any atom is -0.456 e. The molecule has 0 bridgehead atoms. The summed E-state index contributed by atoms with van der Waals surface area (Å²) in [5, 5.41) is 3.39. The molecule has 17 heavy (non-hydrogen) atoms. The van der Waals surface area contributed by atoms with Crippen LogP contribution >= 0.6 is 11.6 Å². The fraction of sp³-hybridized carbons (Fsp3) is 0.154. The van der Waals surface area contributed by atoms with Crippen molar-refractivity contribution in [3.63, 3.8) is 0 Å². The van der Waals surface area contributed by atoms with E-state index in [-0.39, 0.29) is 5.91 Å². The average Bonchev–Trinajstić information content (AvgIpc) is 2.72. The third-order valence-electron chi connectivity index (χ3n) is 2.48. The zero-order valence-corrected chi connectivity index (χ0v) is 10.3. The van der Waals surface area contributed by atoms with Gasteiger partial charge in [-0.2, -0.15) is 0 Å². The van der Waals surface area contributed by atoms with Gasteiger partial charge in [0.25, 0.3) is 5.91 Å². The molecule has 0 atom stereocenters. The number of aryl methyl sites for hydroxylation is 1. The third-order valence-corrected chi connectivity index (χ3v) is 2.89. The molecule has 0 radical (unpaired) electrons. The van der Waals surface area contributed by atoms with E-state index in [1.807, 2.05) is 6.92 Å².